The molecule has 2 heterocycles. The van der Waals surface area contributed by atoms with Crippen LogP contribution in [-0.2, 0) is 16.0 Å². The van der Waals surface area contributed by atoms with Crippen molar-refractivity contribution in [2.24, 2.45) is 11.8 Å². The molecule has 6 heteroatoms. The average Bonchev–Trinajstić information content (AvgIpc) is 2.73. The highest BCUT2D eigenvalue weighted by atomic mass is 19.1. The first-order valence-corrected chi connectivity index (χ1v) is 10.6. The summed E-state index contributed by atoms with van der Waals surface area (Å²) in [5.41, 5.74) is 1.35. The summed E-state index contributed by atoms with van der Waals surface area (Å²) in [5.74, 6) is -0.00866. The monoisotopic (exact) mass is 410 g/mol. The lowest BCUT2D eigenvalue weighted by Crippen LogP contribution is -2.58. The van der Waals surface area contributed by atoms with Crippen LogP contribution in [-0.4, -0.2) is 54.4 Å². The molecule has 2 aliphatic heterocycles. The lowest BCUT2D eigenvalue weighted by molar-refractivity contribution is -0.150. The van der Waals surface area contributed by atoms with Crippen LogP contribution in [0.25, 0.3) is 0 Å². The first-order valence-electron chi connectivity index (χ1n) is 10.6. The molecule has 5 nitrogen and oxygen atoms in total. The second-order valence-corrected chi connectivity index (χ2v) is 8.17. The Morgan fingerprint density at radius 2 is 1.60 bits per heavy atom. The summed E-state index contributed by atoms with van der Waals surface area (Å²) >= 11 is 0. The number of nitrogens with zero attached hydrogens (tertiary/aromatic N) is 2. The van der Waals surface area contributed by atoms with Gasteiger partial charge in [-0.25, -0.2) is 4.39 Å². The number of ether oxygens (including phenoxy) is 1. The Morgan fingerprint density at radius 3 is 2.30 bits per heavy atom. The largest absolute Gasteiger partial charge is 0.481 e. The van der Waals surface area contributed by atoms with Crippen molar-refractivity contribution in [1.29, 1.82) is 0 Å². The van der Waals surface area contributed by atoms with Crippen LogP contribution in [0.5, 0.6) is 5.75 Å². The van der Waals surface area contributed by atoms with Gasteiger partial charge in [-0.1, -0.05) is 42.5 Å². The zero-order valence-corrected chi connectivity index (χ0v) is 17.0. The molecule has 0 N–H and O–H groups in total. The number of para-hydroxylation sites is 1. The molecule has 2 aromatic carbocycles. The van der Waals surface area contributed by atoms with Crippen LogP contribution in [0.1, 0.15) is 18.4 Å². The molecule has 0 spiro atoms. The Balaban J connectivity index is 1.17. The summed E-state index contributed by atoms with van der Waals surface area (Å²) in [6.07, 6.45) is 3.11. The van der Waals surface area contributed by atoms with Crippen LogP contribution in [0.4, 0.5) is 4.39 Å². The fraction of sp³-hybridized carbons (Fsp3) is 0.417. The van der Waals surface area contributed by atoms with Gasteiger partial charge in [-0.15, -0.1) is 0 Å². The van der Waals surface area contributed by atoms with E-state index in [1.54, 1.807) is 17.0 Å². The molecular weight excluding hydrogens is 383 g/mol. The van der Waals surface area contributed by atoms with Gasteiger partial charge in [0.2, 0.25) is 5.91 Å². The van der Waals surface area contributed by atoms with E-state index in [9.17, 15) is 14.0 Å². The molecule has 0 unspecified atom stereocenters. The molecule has 2 fully saturated rings. The summed E-state index contributed by atoms with van der Waals surface area (Å²) in [6, 6.07) is 16.5. The molecule has 2 aromatic rings. The van der Waals surface area contributed by atoms with Crippen molar-refractivity contribution >= 4 is 11.8 Å². The number of hydrogen-bond acceptors (Lipinski definition) is 3. The Kier molecular flexibility index (Phi) is 6.31. The summed E-state index contributed by atoms with van der Waals surface area (Å²) in [7, 11) is 0. The van der Waals surface area contributed by atoms with E-state index in [0.29, 0.717) is 19.0 Å². The Labute approximate surface area is 176 Å². The lowest BCUT2D eigenvalue weighted by Gasteiger charge is -2.42. The van der Waals surface area contributed by atoms with E-state index < -0.39 is 5.82 Å². The summed E-state index contributed by atoms with van der Waals surface area (Å²) in [6.45, 7) is 2.20. The van der Waals surface area contributed by atoms with Crippen LogP contribution >= 0.6 is 0 Å². The molecule has 30 heavy (non-hydrogen) atoms. The maximum Gasteiger partial charge on any atom is 0.260 e. The SMILES string of the molecule is O=C(COc1ccccc1F)N1CC(C(=O)N2CCC(Cc3ccccc3)CC2)C1. The smallest absolute Gasteiger partial charge is 0.260 e. The third-order valence-electron chi connectivity index (χ3n) is 6.06. The maximum atomic E-state index is 13.6. The highest BCUT2D eigenvalue weighted by Crippen LogP contribution is 2.25. The molecule has 0 radical (unpaired) electrons. The first-order chi connectivity index (χ1) is 14.6. The second-order valence-electron chi connectivity index (χ2n) is 8.17. The number of likely N-dealkylation sites (tertiary alicyclic amines) is 2. The van der Waals surface area contributed by atoms with E-state index in [2.05, 4.69) is 24.3 Å². The third-order valence-corrected chi connectivity index (χ3v) is 6.06. The van der Waals surface area contributed by atoms with Gasteiger partial charge in [0.05, 0.1) is 5.92 Å². The van der Waals surface area contributed by atoms with Gasteiger partial charge in [0.25, 0.3) is 5.91 Å². The van der Waals surface area contributed by atoms with Gasteiger partial charge >= 0.3 is 0 Å². The van der Waals surface area contributed by atoms with Crippen molar-refractivity contribution in [3.05, 3.63) is 66.0 Å². The molecule has 2 saturated heterocycles. The third kappa shape index (κ3) is 4.81. The van der Waals surface area contributed by atoms with Crippen LogP contribution in [0.2, 0.25) is 0 Å². The average molecular weight is 410 g/mol. The molecule has 2 aliphatic rings. The number of carbonyl (C=O) groups excluding carboxylic acids is 2. The minimum Gasteiger partial charge on any atom is -0.481 e. The zero-order chi connectivity index (χ0) is 20.9. The van der Waals surface area contributed by atoms with Gasteiger partial charge in [-0.2, -0.15) is 0 Å². The predicted molar refractivity (Wildman–Crippen MR) is 111 cm³/mol. The van der Waals surface area contributed by atoms with E-state index in [0.717, 1.165) is 32.4 Å². The molecule has 4 rings (SSSR count). The number of hydrogen-bond donors (Lipinski definition) is 0. The molecule has 2 amide bonds. The van der Waals surface area contributed by atoms with Crippen molar-refractivity contribution < 1.29 is 18.7 Å². The Bertz CT molecular complexity index is 875. The summed E-state index contributed by atoms with van der Waals surface area (Å²) in [5, 5.41) is 0. The van der Waals surface area contributed by atoms with Crippen LogP contribution in [0, 0.1) is 17.7 Å². The number of carbonyl (C=O) groups is 2. The summed E-state index contributed by atoms with van der Waals surface area (Å²) in [4.78, 5) is 28.5. The van der Waals surface area contributed by atoms with E-state index in [4.69, 9.17) is 4.74 Å². The number of piperidine rings is 1. The van der Waals surface area contributed by atoms with E-state index in [-0.39, 0.29) is 30.1 Å². The van der Waals surface area contributed by atoms with Gasteiger partial charge in [-0.05, 0) is 42.9 Å². The van der Waals surface area contributed by atoms with Gasteiger partial charge < -0.3 is 14.5 Å². The lowest BCUT2D eigenvalue weighted by atomic mass is 9.89. The van der Waals surface area contributed by atoms with Crippen LogP contribution in [0.3, 0.4) is 0 Å². The minimum absolute atomic E-state index is 0.0670. The van der Waals surface area contributed by atoms with Crippen molar-refractivity contribution in [1.82, 2.24) is 9.80 Å². The first kappa shape index (κ1) is 20.4. The number of amides is 2. The summed E-state index contributed by atoms with van der Waals surface area (Å²) < 4.78 is 18.8. The normalized spacial score (nSPS) is 17.5. The molecule has 158 valence electrons. The van der Waals surface area contributed by atoms with Crippen molar-refractivity contribution in [2.75, 3.05) is 32.8 Å². The second kappa shape index (κ2) is 9.28. The molecule has 0 aromatic heterocycles. The fourth-order valence-electron chi connectivity index (χ4n) is 4.19. The zero-order valence-electron chi connectivity index (χ0n) is 17.0. The molecule has 0 aliphatic carbocycles. The molecule has 0 bridgehead atoms. The van der Waals surface area contributed by atoms with Crippen molar-refractivity contribution in [3.63, 3.8) is 0 Å². The van der Waals surface area contributed by atoms with E-state index in [1.807, 2.05) is 11.0 Å². The van der Waals surface area contributed by atoms with Crippen molar-refractivity contribution in [2.45, 2.75) is 19.3 Å². The minimum atomic E-state index is -0.488. The molecule has 0 atom stereocenters. The highest BCUT2D eigenvalue weighted by Gasteiger charge is 2.38. The number of rotatable bonds is 6. The topological polar surface area (TPSA) is 49.9 Å². The van der Waals surface area contributed by atoms with E-state index in [1.165, 1.54) is 17.7 Å². The van der Waals surface area contributed by atoms with Gasteiger partial charge in [0.15, 0.2) is 18.2 Å². The van der Waals surface area contributed by atoms with Crippen LogP contribution in [0.15, 0.2) is 54.6 Å². The molecule has 0 saturated carbocycles. The number of benzene rings is 2. The van der Waals surface area contributed by atoms with Crippen LogP contribution < -0.4 is 4.74 Å². The molecular formula is C24H27FN2O3. The van der Waals surface area contributed by atoms with Crippen molar-refractivity contribution in [3.8, 4) is 5.75 Å². The Morgan fingerprint density at radius 1 is 0.933 bits per heavy atom. The van der Waals surface area contributed by atoms with Gasteiger partial charge in [-0.3, -0.25) is 9.59 Å². The predicted octanol–water partition coefficient (Wildman–Crippen LogP) is 3.14. The fourth-order valence-corrected chi connectivity index (χ4v) is 4.19. The van der Waals surface area contributed by atoms with E-state index >= 15 is 0 Å². The maximum absolute atomic E-state index is 13.6. The van der Waals surface area contributed by atoms with Gasteiger partial charge in [0.1, 0.15) is 0 Å². The quantitative estimate of drug-likeness (QED) is 0.735. The number of halogens is 1. The van der Waals surface area contributed by atoms with Gasteiger partial charge in [0, 0.05) is 26.2 Å². The Hall–Kier alpha value is -2.89. The standard InChI is InChI=1S/C24H27FN2O3/c25-21-8-4-5-9-22(21)30-17-23(28)27-15-20(16-27)24(29)26-12-10-19(11-13-26)14-18-6-2-1-3-7-18/h1-9,19-20H,10-17H2. The highest BCUT2D eigenvalue weighted by molar-refractivity contribution is 5.85.